The largest absolute Gasteiger partial charge is 0.485 e. The van der Waals surface area contributed by atoms with Crippen molar-refractivity contribution < 1.29 is 19.2 Å². The second-order valence-corrected chi connectivity index (χ2v) is 8.47. The topological polar surface area (TPSA) is 68.1 Å². The molecule has 3 aromatic rings. The van der Waals surface area contributed by atoms with Crippen molar-refractivity contribution in [3.63, 3.8) is 0 Å². The monoisotopic (exact) mass is 433 g/mol. The van der Waals surface area contributed by atoms with Crippen LogP contribution >= 0.6 is 0 Å². The molecular weight excluding hydrogens is 404 g/mol. The zero-order valence-electron chi connectivity index (χ0n) is 18.6. The summed E-state index contributed by atoms with van der Waals surface area (Å²) in [4.78, 5) is 21.7. The predicted molar refractivity (Wildman–Crippen MR) is 125 cm³/mol. The highest BCUT2D eigenvalue weighted by atomic mass is 16.6. The van der Waals surface area contributed by atoms with Crippen LogP contribution in [0.2, 0.25) is 0 Å². The number of amides is 1. The van der Waals surface area contributed by atoms with Gasteiger partial charge in [-0.25, -0.2) is 4.98 Å². The second kappa shape index (κ2) is 8.67. The number of rotatable bonds is 4. The molecule has 1 amide bonds. The van der Waals surface area contributed by atoms with Crippen LogP contribution in [0, 0.1) is 6.92 Å². The summed E-state index contributed by atoms with van der Waals surface area (Å²) in [6.45, 7) is 10.1. The third-order valence-electron chi connectivity index (χ3n) is 6.37. The summed E-state index contributed by atoms with van der Waals surface area (Å²) < 4.78 is 11.5. The molecule has 1 saturated heterocycles. The Labute approximate surface area is 187 Å². The van der Waals surface area contributed by atoms with Crippen molar-refractivity contribution in [1.29, 1.82) is 0 Å². The van der Waals surface area contributed by atoms with Crippen molar-refractivity contribution in [2.24, 2.45) is 0 Å². The third-order valence-corrected chi connectivity index (χ3v) is 6.37. The summed E-state index contributed by atoms with van der Waals surface area (Å²) in [5.41, 5.74) is 2.81. The molecule has 2 aromatic carbocycles. The summed E-state index contributed by atoms with van der Waals surface area (Å²) in [5.74, 6) is 2.06. The quantitative estimate of drug-likeness (QED) is 0.659. The molecule has 166 valence electrons. The van der Waals surface area contributed by atoms with Crippen LogP contribution in [0.4, 0.5) is 11.5 Å². The Morgan fingerprint density at radius 1 is 1.16 bits per heavy atom. The number of pyridine rings is 1. The maximum absolute atomic E-state index is 12.8. The number of anilines is 2. The first-order valence-electron chi connectivity index (χ1n) is 11.3. The fourth-order valence-corrected chi connectivity index (χ4v) is 4.39. The van der Waals surface area contributed by atoms with Crippen LogP contribution in [0.15, 0.2) is 48.5 Å². The average molecular weight is 434 g/mol. The molecule has 7 heteroatoms. The number of nitrogens with one attached hydrogen (secondary N) is 2. The number of piperazine rings is 1. The van der Waals surface area contributed by atoms with E-state index >= 15 is 0 Å². The molecule has 0 bridgehead atoms. The lowest BCUT2D eigenvalue weighted by Crippen LogP contribution is -3.14. The Morgan fingerprint density at radius 2 is 1.94 bits per heavy atom. The van der Waals surface area contributed by atoms with Crippen LogP contribution < -0.4 is 24.6 Å². The van der Waals surface area contributed by atoms with Gasteiger partial charge in [0.25, 0.3) is 5.91 Å². The summed E-state index contributed by atoms with van der Waals surface area (Å²) >= 11 is 0. The van der Waals surface area contributed by atoms with Crippen LogP contribution in [0.5, 0.6) is 11.5 Å². The van der Waals surface area contributed by atoms with Crippen LogP contribution in [0.3, 0.4) is 0 Å². The number of hydrogen-bond donors (Lipinski definition) is 2. The number of benzene rings is 2. The number of aromatic nitrogens is 1. The van der Waals surface area contributed by atoms with E-state index in [1.54, 1.807) is 11.0 Å². The maximum Gasteiger partial charge on any atom is 0.269 e. The van der Waals surface area contributed by atoms with Gasteiger partial charge in [-0.2, -0.15) is 0 Å². The molecule has 5 rings (SSSR count). The predicted octanol–water partition coefficient (Wildman–Crippen LogP) is 2.05. The SMILES string of the molecule is CC[NH+]1CCN(c2cc(C)c3cc(NC(=O)C4COc5ccccc5O4)ccc3n2)CC1. The van der Waals surface area contributed by atoms with Gasteiger partial charge in [0.1, 0.15) is 12.4 Å². The van der Waals surface area contributed by atoms with E-state index in [-0.39, 0.29) is 12.5 Å². The van der Waals surface area contributed by atoms with Crippen molar-refractivity contribution in [3.8, 4) is 11.5 Å². The Bertz CT molecular complexity index is 1140. The lowest BCUT2D eigenvalue weighted by atomic mass is 10.1. The molecule has 0 saturated carbocycles. The van der Waals surface area contributed by atoms with Crippen LogP contribution in [-0.4, -0.2) is 56.3 Å². The molecule has 0 radical (unpaired) electrons. The van der Waals surface area contributed by atoms with Gasteiger partial charge in [-0.05, 0) is 55.8 Å². The first-order valence-corrected chi connectivity index (χ1v) is 11.3. The number of hydrogen-bond acceptors (Lipinski definition) is 5. The number of carbonyl (C=O) groups excluding carboxylic acids is 1. The fraction of sp³-hybridized carbons (Fsp3) is 0.360. The van der Waals surface area contributed by atoms with Gasteiger partial charge < -0.3 is 24.6 Å². The molecule has 0 spiro atoms. The highest BCUT2D eigenvalue weighted by Gasteiger charge is 2.27. The van der Waals surface area contributed by atoms with Gasteiger partial charge >= 0.3 is 0 Å². The Kier molecular flexibility index (Phi) is 5.57. The van der Waals surface area contributed by atoms with Crippen molar-refractivity contribution >= 4 is 28.3 Å². The Morgan fingerprint density at radius 3 is 2.72 bits per heavy atom. The normalized spacial score (nSPS) is 18.6. The lowest BCUT2D eigenvalue weighted by molar-refractivity contribution is -0.898. The van der Waals surface area contributed by atoms with E-state index in [9.17, 15) is 4.79 Å². The van der Waals surface area contributed by atoms with E-state index in [1.165, 1.54) is 6.54 Å². The van der Waals surface area contributed by atoms with E-state index in [0.717, 1.165) is 54.2 Å². The number of para-hydroxylation sites is 2. The van der Waals surface area contributed by atoms with Crippen molar-refractivity contribution in [2.75, 3.05) is 49.5 Å². The van der Waals surface area contributed by atoms with Gasteiger partial charge in [-0.1, -0.05) is 12.1 Å². The molecule has 2 N–H and O–H groups in total. The Hall–Kier alpha value is -3.32. The highest BCUT2D eigenvalue weighted by molar-refractivity contribution is 5.97. The van der Waals surface area contributed by atoms with Crippen molar-refractivity contribution in [1.82, 2.24) is 4.98 Å². The number of carbonyl (C=O) groups is 1. The smallest absolute Gasteiger partial charge is 0.269 e. The first-order chi connectivity index (χ1) is 15.6. The van der Waals surface area contributed by atoms with Crippen molar-refractivity contribution in [3.05, 3.63) is 54.1 Å². The minimum Gasteiger partial charge on any atom is -0.485 e. The van der Waals surface area contributed by atoms with Gasteiger partial charge in [-0.15, -0.1) is 0 Å². The van der Waals surface area contributed by atoms with Crippen LogP contribution in [0.1, 0.15) is 12.5 Å². The number of ether oxygens (including phenoxy) is 2. The van der Waals surface area contributed by atoms with Gasteiger partial charge in [0.15, 0.2) is 11.5 Å². The van der Waals surface area contributed by atoms with E-state index in [1.807, 2.05) is 36.4 Å². The third kappa shape index (κ3) is 4.08. The van der Waals surface area contributed by atoms with Crippen LogP contribution in [0.25, 0.3) is 10.9 Å². The van der Waals surface area contributed by atoms with Gasteiger partial charge in [0, 0.05) is 11.1 Å². The molecule has 1 fully saturated rings. The van der Waals surface area contributed by atoms with E-state index in [2.05, 4.69) is 30.1 Å². The maximum atomic E-state index is 12.8. The van der Waals surface area contributed by atoms with E-state index in [4.69, 9.17) is 14.5 Å². The van der Waals surface area contributed by atoms with Crippen molar-refractivity contribution in [2.45, 2.75) is 20.0 Å². The number of fused-ring (bicyclic) bond motifs is 2. The molecule has 1 atom stereocenters. The minimum absolute atomic E-state index is 0.188. The molecule has 1 aromatic heterocycles. The fourth-order valence-electron chi connectivity index (χ4n) is 4.39. The zero-order valence-corrected chi connectivity index (χ0v) is 18.6. The summed E-state index contributed by atoms with van der Waals surface area (Å²) in [6, 6.07) is 15.4. The second-order valence-electron chi connectivity index (χ2n) is 8.47. The molecule has 32 heavy (non-hydrogen) atoms. The highest BCUT2D eigenvalue weighted by Crippen LogP contribution is 2.31. The van der Waals surface area contributed by atoms with E-state index in [0.29, 0.717) is 11.5 Å². The molecular formula is C25H29N4O3+. The van der Waals surface area contributed by atoms with Gasteiger partial charge in [0.05, 0.1) is 38.2 Å². The zero-order chi connectivity index (χ0) is 22.1. The molecule has 2 aliphatic heterocycles. The lowest BCUT2D eigenvalue weighted by Gasteiger charge is -2.32. The Balaban J connectivity index is 1.31. The average Bonchev–Trinajstić information content (AvgIpc) is 2.84. The molecule has 1 unspecified atom stereocenters. The first kappa shape index (κ1) is 20.6. The van der Waals surface area contributed by atoms with E-state index < -0.39 is 6.10 Å². The number of likely N-dealkylation sites (N-methyl/N-ethyl adjacent to an activating group) is 1. The minimum atomic E-state index is -0.689. The molecule has 0 aliphatic carbocycles. The number of aryl methyl sites for hydroxylation is 1. The van der Waals surface area contributed by atoms with Crippen LogP contribution in [-0.2, 0) is 4.79 Å². The van der Waals surface area contributed by atoms with Gasteiger partial charge in [0.2, 0.25) is 6.10 Å². The summed E-state index contributed by atoms with van der Waals surface area (Å²) in [7, 11) is 0. The molecule has 3 heterocycles. The molecule has 7 nitrogen and oxygen atoms in total. The summed E-state index contributed by atoms with van der Waals surface area (Å²) in [5, 5.41) is 4.00. The summed E-state index contributed by atoms with van der Waals surface area (Å²) in [6.07, 6.45) is -0.689. The number of quaternary nitrogens is 1. The number of nitrogens with zero attached hydrogens (tertiary/aromatic N) is 2. The molecule has 2 aliphatic rings. The van der Waals surface area contributed by atoms with Gasteiger partial charge in [-0.3, -0.25) is 4.79 Å². The standard InChI is InChI=1S/C25H28N4O3/c1-3-28-10-12-29(13-11-28)24-14-17(2)19-15-18(8-9-20(19)27-24)26-25(30)23-16-31-21-6-4-5-7-22(21)32-23/h4-9,14-15,23H,3,10-13,16H2,1-2H3,(H,26,30)/p+1.